The van der Waals surface area contributed by atoms with Crippen LogP contribution < -0.4 is 11.1 Å². The summed E-state index contributed by atoms with van der Waals surface area (Å²) in [5, 5.41) is 3.16. The van der Waals surface area contributed by atoms with E-state index in [0.717, 1.165) is 41.9 Å². The van der Waals surface area contributed by atoms with Crippen LogP contribution >= 0.6 is 40.7 Å². The van der Waals surface area contributed by atoms with Crippen molar-refractivity contribution in [3.8, 4) is 0 Å². The van der Waals surface area contributed by atoms with Crippen LogP contribution in [0.2, 0.25) is 0 Å². The van der Waals surface area contributed by atoms with Crippen LogP contribution in [-0.4, -0.2) is 36.5 Å². The van der Waals surface area contributed by atoms with Crippen LogP contribution in [0.5, 0.6) is 0 Å². The number of carbonyl (C=O) groups is 1. The second kappa shape index (κ2) is 9.56. The van der Waals surface area contributed by atoms with Crippen LogP contribution in [-0.2, 0) is 10.3 Å². The first-order valence-corrected chi connectivity index (χ1v) is 9.32. The number of hydrogen-bond donors (Lipinski definition) is 2. The number of nitrogens with one attached hydrogen (secondary N) is 1. The average Bonchev–Trinajstić information content (AvgIpc) is 3.33. The van der Waals surface area contributed by atoms with Gasteiger partial charge in [-0.3, -0.25) is 4.79 Å². The fourth-order valence-corrected chi connectivity index (χ4v) is 3.45. The van der Waals surface area contributed by atoms with Crippen molar-refractivity contribution in [1.29, 1.82) is 0 Å². The van der Waals surface area contributed by atoms with Gasteiger partial charge < -0.3 is 16.0 Å². The second-order valence-corrected chi connectivity index (χ2v) is 8.12. The molecule has 1 atom stereocenters. The predicted molar refractivity (Wildman–Crippen MR) is 111 cm³/mol. The Bertz CT molecular complexity index is 556. The molecular weight excluding hydrogens is 425 g/mol. The van der Waals surface area contributed by atoms with Gasteiger partial charge in [0.2, 0.25) is 5.91 Å². The van der Waals surface area contributed by atoms with Crippen molar-refractivity contribution < 1.29 is 4.79 Å². The number of halogens is 3. The summed E-state index contributed by atoms with van der Waals surface area (Å²) in [4.78, 5) is 15.2. The van der Waals surface area contributed by atoms with Gasteiger partial charge in [-0.1, -0.05) is 28.1 Å². The van der Waals surface area contributed by atoms with Crippen molar-refractivity contribution in [3.05, 3.63) is 34.3 Å². The maximum Gasteiger partial charge on any atom is 0.244 e. The average molecular weight is 453 g/mol. The molecule has 1 amide bonds. The molecule has 1 heterocycles. The van der Waals surface area contributed by atoms with Crippen LogP contribution in [0, 0.1) is 5.92 Å². The Morgan fingerprint density at radius 2 is 1.76 bits per heavy atom. The number of amides is 1. The monoisotopic (exact) mass is 451 g/mol. The van der Waals surface area contributed by atoms with Gasteiger partial charge in [-0.2, -0.15) is 0 Å². The molecule has 2 fully saturated rings. The number of piperidine rings is 1. The SMILES string of the molecule is CC(N)(C(=O)NC1CCN(CC2CC2)CC1)c1ccc(Br)cc1.Cl.Cl. The van der Waals surface area contributed by atoms with Crippen molar-refractivity contribution in [2.24, 2.45) is 11.7 Å². The van der Waals surface area contributed by atoms with E-state index < -0.39 is 5.54 Å². The molecule has 1 saturated carbocycles. The first kappa shape index (κ1) is 22.7. The lowest BCUT2D eigenvalue weighted by atomic mass is 9.91. The first-order chi connectivity index (χ1) is 10.9. The summed E-state index contributed by atoms with van der Waals surface area (Å²) in [6.07, 6.45) is 4.84. The third-order valence-electron chi connectivity index (χ3n) is 5.05. The van der Waals surface area contributed by atoms with Crippen LogP contribution in [0.3, 0.4) is 0 Å². The van der Waals surface area contributed by atoms with Crippen molar-refractivity contribution in [3.63, 3.8) is 0 Å². The Hall–Kier alpha value is -0.330. The molecular formula is C18H28BrCl2N3O. The van der Waals surface area contributed by atoms with Gasteiger partial charge in [0.25, 0.3) is 0 Å². The Kier molecular flexibility index (Phi) is 8.69. The molecule has 4 nitrogen and oxygen atoms in total. The van der Waals surface area contributed by atoms with E-state index in [-0.39, 0.29) is 36.8 Å². The van der Waals surface area contributed by atoms with Gasteiger partial charge in [0, 0.05) is 30.1 Å². The number of nitrogens with two attached hydrogens (primary N) is 1. The van der Waals surface area contributed by atoms with Crippen LogP contribution in [0.1, 0.15) is 38.2 Å². The van der Waals surface area contributed by atoms with E-state index in [1.807, 2.05) is 24.3 Å². The molecule has 1 unspecified atom stereocenters. The minimum Gasteiger partial charge on any atom is -0.351 e. The Morgan fingerprint density at radius 1 is 1.20 bits per heavy atom. The summed E-state index contributed by atoms with van der Waals surface area (Å²) in [6.45, 7) is 5.20. The molecule has 7 heteroatoms. The summed E-state index contributed by atoms with van der Waals surface area (Å²) >= 11 is 3.41. The van der Waals surface area contributed by atoms with Gasteiger partial charge in [0.1, 0.15) is 5.54 Å². The van der Waals surface area contributed by atoms with Crippen LogP contribution in [0.25, 0.3) is 0 Å². The number of hydrogen-bond acceptors (Lipinski definition) is 3. The molecule has 25 heavy (non-hydrogen) atoms. The molecule has 1 aromatic rings. The molecule has 2 aliphatic rings. The fourth-order valence-electron chi connectivity index (χ4n) is 3.19. The third-order valence-corrected chi connectivity index (χ3v) is 5.58. The maximum absolute atomic E-state index is 12.6. The molecule has 0 bridgehead atoms. The number of likely N-dealkylation sites (tertiary alicyclic amines) is 1. The highest BCUT2D eigenvalue weighted by Gasteiger charge is 2.33. The molecule has 1 saturated heterocycles. The molecule has 0 aromatic heterocycles. The van der Waals surface area contributed by atoms with Crippen molar-refractivity contribution >= 4 is 46.7 Å². The highest BCUT2D eigenvalue weighted by atomic mass is 79.9. The minimum absolute atomic E-state index is 0. The zero-order valence-corrected chi connectivity index (χ0v) is 17.8. The van der Waals surface area contributed by atoms with Gasteiger partial charge in [-0.15, -0.1) is 24.8 Å². The van der Waals surface area contributed by atoms with Gasteiger partial charge in [-0.25, -0.2) is 0 Å². The van der Waals surface area contributed by atoms with Gasteiger partial charge in [0.15, 0.2) is 0 Å². The van der Waals surface area contributed by atoms with E-state index in [0.29, 0.717) is 0 Å². The van der Waals surface area contributed by atoms with Crippen LogP contribution in [0.4, 0.5) is 0 Å². The molecule has 3 N–H and O–H groups in total. The van der Waals surface area contributed by atoms with Gasteiger partial charge in [0.05, 0.1) is 0 Å². The lowest BCUT2D eigenvalue weighted by Crippen LogP contribution is -2.54. The smallest absolute Gasteiger partial charge is 0.244 e. The maximum atomic E-state index is 12.6. The van der Waals surface area contributed by atoms with E-state index in [1.165, 1.54) is 19.4 Å². The van der Waals surface area contributed by atoms with Crippen molar-refractivity contribution in [2.45, 2.75) is 44.2 Å². The van der Waals surface area contributed by atoms with E-state index >= 15 is 0 Å². The van der Waals surface area contributed by atoms with E-state index in [1.54, 1.807) is 6.92 Å². The van der Waals surface area contributed by atoms with Gasteiger partial charge >= 0.3 is 0 Å². The Labute approximate surface area is 171 Å². The summed E-state index contributed by atoms with van der Waals surface area (Å²) in [5.74, 6) is 0.853. The lowest BCUT2D eigenvalue weighted by Gasteiger charge is -2.34. The minimum atomic E-state index is -0.994. The van der Waals surface area contributed by atoms with E-state index in [4.69, 9.17) is 5.73 Å². The molecule has 0 radical (unpaired) electrons. The molecule has 142 valence electrons. The van der Waals surface area contributed by atoms with Crippen LogP contribution in [0.15, 0.2) is 28.7 Å². The summed E-state index contributed by atoms with van der Waals surface area (Å²) in [7, 11) is 0. The quantitative estimate of drug-likeness (QED) is 0.719. The predicted octanol–water partition coefficient (Wildman–Crippen LogP) is 3.46. The van der Waals surface area contributed by atoms with Gasteiger partial charge in [-0.05, 0) is 56.2 Å². The zero-order chi connectivity index (χ0) is 16.4. The lowest BCUT2D eigenvalue weighted by molar-refractivity contribution is -0.127. The highest BCUT2D eigenvalue weighted by molar-refractivity contribution is 9.10. The number of benzene rings is 1. The summed E-state index contributed by atoms with van der Waals surface area (Å²) in [6, 6.07) is 7.90. The standard InChI is InChI=1S/C18H26BrN3O.2ClH/c1-18(20,14-4-6-15(19)7-5-14)17(23)21-16-8-10-22(11-9-16)12-13-2-3-13;;/h4-7,13,16H,2-3,8-12,20H2,1H3,(H,21,23);2*1H. The number of rotatable bonds is 5. The summed E-state index contributed by atoms with van der Waals surface area (Å²) in [5.41, 5.74) is 6.16. The second-order valence-electron chi connectivity index (χ2n) is 7.20. The molecule has 1 aliphatic carbocycles. The van der Waals surface area contributed by atoms with Crippen molar-refractivity contribution in [1.82, 2.24) is 10.2 Å². The zero-order valence-electron chi connectivity index (χ0n) is 14.5. The number of nitrogens with zero attached hydrogens (tertiary/aromatic N) is 1. The molecule has 3 rings (SSSR count). The van der Waals surface area contributed by atoms with Crippen molar-refractivity contribution in [2.75, 3.05) is 19.6 Å². The Balaban J connectivity index is 0.00000156. The normalized spacial score (nSPS) is 20.8. The molecule has 0 spiro atoms. The summed E-state index contributed by atoms with van der Waals surface area (Å²) < 4.78 is 0.987. The fraction of sp³-hybridized carbons (Fsp3) is 0.611. The topological polar surface area (TPSA) is 58.4 Å². The largest absolute Gasteiger partial charge is 0.351 e. The van der Waals surface area contributed by atoms with E-state index in [2.05, 4.69) is 26.1 Å². The molecule has 1 aliphatic heterocycles. The first-order valence-electron chi connectivity index (χ1n) is 8.53. The molecule has 1 aromatic carbocycles. The Morgan fingerprint density at radius 3 is 2.28 bits per heavy atom. The van der Waals surface area contributed by atoms with E-state index in [9.17, 15) is 4.79 Å². The third kappa shape index (κ3) is 6.10. The highest BCUT2D eigenvalue weighted by Crippen LogP contribution is 2.30. The number of carbonyl (C=O) groups excluding carboxylic acids is 1.